The molecule has 1 aromatic rings. The van der Waals surface area contributed by atoms with Gasteiger partial charge in [0.25, 0.3) is 0 Å². The Morgan fingerprint density at radius 3 is 2.31 bits per heavy atom. The van der Waals surface area contributed by atoms with Crippen LogP contribution in [0.2, 0.25) is 0 Å². The van der Waals surface area contributed by atoms with E-state index in [1.807, 2.05) is 0 Å². The number of fused-ring (bicyclic) bond motifs is 1. The minimum atomic E-state index is 0.514. The molecule has 1 fully saturated rings. The fraction of sp³-hybridized carbons (Fsp3) is 0.571. The minimum Gasteiger partial charge on any atom is -0.271 e. The van der Waals surface area contributed by atoms with Gasteiger partial charge in [-0.05, 0) is 42.2 Å². The van der Waals surface area contributed by atoms with Crippen molar-refractivity contribution in [1.82, 2.24) is 5.43 Å². The molecule has 86 valence electrons. The Hall–Kier alpha value is -0.860. The molecule has 16 heavy (non-hydrogen) atoms. The molecule has 0 amide bonds. The maximum Gasteiger partial charge on any atom is 0.0247 e. The van der Waals surface area contributed by atoms with E-state index in [2.05, 4.69) is 29.7 Å². The SMILES string of the molecule is NNC(CC1CC1)C1Cc2ccccc2C1. The Balaban J connectivity index is 1.68. The Kier molecular flexibility index (Phi) is 2.70. The van der Waals surface area contributed by atoms with Crippen molar-refractivity contribution in [2.75, 3.05) is 0 Å². The van der Waals surface area contributed by atoms with Gasteiger partial charge in [-0.2, -0.15) is 0 Å². The lowest BCUT2D eigenvalue weighted by atomic mass is 9.93. The van der Waals surface area contributed by atoms with E-state index in [0.717, 1.165) is 5.92 Å². The predicted octanol–water partition coefficient (Wildman–Crippen LogP) is 2.03. The number of hydrazine groups is 1. The summed E-state index contributed by atoms with van der Waals surface area (Å²) in [7, 11) is 0. The molecule has 1 saturated carbocycles. The van der Waals surface area contributed by atoms with Gasteiger partial charge in [-0.1, -0.05) is 37.1 Å². The van der Waals surface area contributed by atoms with Crippen LogP contribution >= 0.6 is 0 Å². The van der Waals surface area contributed by atoms with Gasteiger partial charge in [-0.15, -0.1) is 0 Å². The van der Waals surface area contributed by atoms with E-state index in [0.29, 0.717) is 12.0 Å². The second-order valence-electron chi connectivity index (χ2n) is 5.39. The van der Waals surface area contributed by atoms with Crippen LogP contribution in [0.15, 0.2) is 24.3 Å². The molecule has 1 aromatic carbocycles. The zero-order valence-electron chi connectivity index (χ0n) is 9.65. The third-order valence-corrected chi connectivity index (χ3v) is 4.15. The lowest BCUT2D eigenvalue weighted by Gasteiger charge is -2.22. The molecule has 3 N–H and O–H groups in total. The van der Waals surface area contributed by atoms with E-state index in [4.69, 9.17) is 5.84 Å². The molecule has 2 heteroatoms. The Morgan fingerprint density at radius 1 is 1.19 bits per heavy atom. The smallest absolute Gasteiger partial charge is 0.0247 e. The van der Waals surface area contributed by atoms with Gasteiger partial charge in [0, 0.05) is 6.04 Å². The number of rotatable bonds is 4. The van der Waals surface area contributed by atoms with E-state index in [1.54, 1.807) is 0 Å². The first kappa shape index (κ1) is 10.3. The first-order valence-corrected chi connectivity index (χ1v) is 6.39. The Bertz CT molecular complexity index is 346. The lowest BCUT2D eigenvalue weighted by Crippen LogP contribution is -2.41. The summed E-state index contributed by atoms with van der Waals surface area (Å²) in [4.78, 5) is 0. The molecule has 0 aliphatic heterocycles. The van der Waals surface area contributed by atoms with Gasteiger partial charge in [0.15, 0.2) is 0 Å². The van der Waals surface area contributed by atoms with Gasteiger partial charge in [0.2, 0.25) is 0 Å². The second-order valence-corrected chi connectivity index (χ2v) is 5.39. The normalized spacial score (nSPS) is 22.1. The van der Waals surface area contributed by atoms with Crippen LogP contribution in [0.1, 0.15) is 30.4 Å². The molecule has 1 unspecified atom stereocenters. The quantitative estimate of drug-likeness (QED) is 0.597. The maximum atomic E-state index is 5.71. The van der Waals surface area contributed by atoms with Crippen molar-refractivity contribution in [1.29, 1.82) is 0 Å². The van der Waals surface area contributed by atoms with Gasteiger partial charge in [0.05, 0.1) is 0 Å². The summed E-state index contributed by atoms with van der Waals surface area (Å²) in [6.45, 7) is 0. The van der Waals surface area contributed by atoms with E-state index >= 15 is 0 Å². The van der Waals surface area contributed by atoms with Crippen LogP contribution < -0.4 is 11.3 Å². The van der Waals surface area contributed by atoms with Crippen LogP contribution in [0.3, 0.4) is 0 Å². The van der Waals surface area contributed by atoms with Crippen molar-refractivity contribution in [2.45, 2.75) is 38.1 Å². The van der Waals surface area contributed by atoms with Crippen molar-refractivity contribution in [3.63, 3.8) is 0 Å². The number of nitrogens with two attached hydrogens (primary N) is 1. The summed E-state index contributed by atoms with van der Waals surface area (Å²) >= 11 is 0. The van der Waals surface area contributed by atoms with Crippen molar-refractivity contribution in [3.8, 4) is 0 Å². The van der Waals surface area contributed by atoms with Crippen molar-refractivity contribution in [3.05, 3.63) is 35.4 Å². The molecule has 0 heterocycles. The van der Waals surface area contributed by atoms with Gasteiger partial charge in [-0.25, -0.2) is 0 Å². The maximum absolute atomic E-state index is 5.71. The third kappa shape index (κ3) is 2.00. The van der Waals surface area contributed by atoms with E-state index in [9.17, 15) is 0 Å². The van der Waals surface area contributed by atoms with Gasteiger partial charge >= 0.3 is 0 Å². The zero-order chi connectivity index (χ0) is 11.0. The average molecular weight is 216 g/mol. The predicted molar refractivity (Wildman–Crippen MR) is 65.8 cm³/mol. The summed E-state index contributed by atoms with van der Waals surface area (Å²) < 4.78 is 0. The van der Waals surface area contributed by atoms with Crippen LogP contribution in [-0.4, -0.2) is 6.04 Å². The highest BCUT2D eigenvalue weighted by molar-refractivity contribution is 5.32. The number of benzene rings is 1. The highest BCUT2D eigenvalue weighted by atomic mass is 15.2. The third-order valence-electron chi connectivity index (χ3n) is 4.15. The molecule has 0 spiro atoms. The molecule has 1 atom stereocenters. The summed E-state index contributed by atoms with van der Waals surface area (Å²) in [6, 6.07) is 9.33. The van der Waals surface area contributed by atoms with E-state index < -0.39 is 0 Å². The van der Waals surface area contributed by atoms with Crippen molar-refractivity contribution < 1.29 is 0 Å². The highest BCUT2D eigenvalue weighted by Gasteiger charge is 2.32. The second kappa shape index (κ2) is 4.19. The molecule has 2 nitrogen and oxygen atoms in total. The van der Waals surface area contributed by atoms with Gasteiger partial charge < -0.3 is 0 Å². The standard InChI is InChI=1S/C14H20N2/c15-16-14(7-10-5-6-10)13-8-11-3-1-2-4-12(11)9-13/h1-4,10,13-14,16H,5-9,15H2. The van der Waals surface area contributed by atoms with Crippen LogP contribution in [-0.2, 0) is 12.8 Å². The Morgan fingerprint density at radius 2 is 1.81 bits per heavy atom. The van der Waals surface area contributed by atoms with Gasteiger partial charge in [0.1, 0.15) is 0 Å². The first-order valence-electron chi connectivity index (χ1n) is 6.39. The molecule has 0 aromatic heterocycles. The van der Waals surface area contributed by atoms with Crippen LogP contribution in [0.5, 0.6) is 0 Å². The lowest BCUT2D eigenvalue weighted by molar-refractivity contribution is 0.337. The minimum absolute atomic E-state index is 0.514. The van der Waals surface area contributed by atoms with Crippen LogP contribution in [0.4, 0.5) is 0 Å². The molecular formula is C14H20N2. The molecule has 2 aliphatic rings. The molecule has 2 aliphatic carbocycles. The zero-order valence-corrected chi connectivity index (χ0v) is 9.65. The fourth-order valence-corrected chi connectivity index (χ4v) is 2.99. The van der Waals surface area contributed by atoms with Crippen molar-refractivity contribution >= 4 is 0 Å². The highest BCUT2D eigenvalue weighted by Crippen LogP contribution is 2.37. The summed E-state index contributed by atoms with van der Waals surface area (Å²) in [5.74, 6) is 7.37. The topological polar surface area (TPSA) is 38.0 Å². The van der Waals surface area contributed by atoms with Gasteiger partial charge in [-0.3, -0.25) is 11.3 Å². The first-order chi connectivity index (χ1) is 7.86. The fourth-order valence-electron chi connectivity index (χ4n) is 2.99. The Labute approximate surface area is 97.2 Å². The molecule has 0 saturated heterocycles. The molecule has 3 rings (SSSR count). The largest absolute Gasteiger partial charge is 0.271 e. The summed E-state index contributed by atoms with van der Waals surface area (Å²) in [5, 5.41) is 0. The van der Waals surface area contributed by atoms with Crippen molar-refractivity contribution in [2.24, 2.45) is 17.7 Å². The molecule has 0 bridgehead atoms. The van der Waals surface area contributed by atoms with Crippen LogP contribution in [0.25, 0.3) is 0 Å². The van der Waals surface area contributed by atoms with Crippen LogP contribution in [0, 0.1) is 11.8 Å². The molecule has 0 radical (unpaired) electrons. The average Bonchev–Trinajstić information content (AvgIpc) is 3.02. The number of hydrogen-bond acceptors (Lipinski definition) is 2. The number of nitrogens with one attached hydrogen (secondary N) is 1. The summed E-state index contributed by atoms with van der Waals surface area (Å²) in [6.07, 6.45) is 6.51. The molecular weight excluding hydrogens is 196 g/mol. The van der Waals surface area contributed by atoms with E-state index in [-0.39, 0.29) is 0 Å². The van der Waals surface area contributed by atoms with E-state index in [1.165, 1.54) is 43.2 Å². The summed E-state index contributed by atoms with van der Waals surface area (Å²) in [5.41, 5.74) is 6.11. The number of hydrogen-bond donors (Lipinski definition) is 2. The monoisotopic (exact) mass is 216 g/mol.